The van der Waals surface area contributed by atoms with Crippen LogP contribution in [0.4, 0.5) is 4.79 Å². The summed E-state index contributed by atoms with van der Waals surface area (Å²) in [5.74, 6) is -0.352. The molecule has 2 atom stereocenters. The number of carbonyl (C=O) groups is 3. The molecule has 0 aliphatic carbocycles. The van der Waals surface area contributed by atoms with E-state index in [-0.39, 0.29) is 56.2 Å². The molecular formula is C32H34N8O4. The molecule has 0 spiro atoms. The first-order chi connectivity index (χ1) is 21.3. The number of hydrogen-bond acceptors (Lipinski definition) is 7. The van der Waals surface area contributed by atoms with Gasteiger partial charge in [-0.1, -0.05) is 59.8 Å². The average molecular weight is 595 g/mol. The van der Waals surface area contributed by atoms with Crippen molar-refractivity contribution in [2.24, 2.45) is 7.05 Å². The Kier molecular flexibility index (Phi) is 7.99. The number of hydrogen-bond donors (Lipinski definition) is 2. The number of fused-ring (bicyclic) bond motifs is 2. The van der Waals surface area contributed by atoms with E-state index in [0.717, 1.165) is 27.7 Å². The minimum Gasteiger partial charge on any atom is -0.508 e. The molecule has 2 N–H and O–H groups in total. The second kappa shape index (κ2) is 12.2. The molecule has 1 aromatic heterocycles. The zero-order valence-electron chi connectivity index (χ0n) is 24.4. The number of aromatic nitrogens is 3. The van der Waals surface area contributed by atoms with E-state index in [4.69, 9.17) is 0 Å². The minimum absolute atomic E-state index is 0.0786. The van der Waals surface area contributed by atoms with Crippen LogP contribution in [0.25, 0.3) is 11.0 Å². The quantitative estimate of drug-likeness (QED) is 0.300. The van der Waals surface area contributed by atoms with Crippen molar-refractivity contribution >= 4 is 28.9 Å². The number of benzene rings is 3. The van der Waals surface area contributed by atoms with Gasteiger partial charge in [-0.3, -0.25) is 9.59 Å². The largest absolute Gasteiger partial charge is 0.508 e. The van der Waals surface area contributed by atoms with Gasteiger partial charge in [-0.15, -0.1) is 11.7 Å². The number of piperazine rings is 1. The van der Waals surface area contributed by atoms with Crippen LogP contribution in [0.3, 0.4) is 0 Å². The first-order valence-corrected chi connectivity index (χ1v) is 14.5. The minimum atomic E-state index is -0.858. The van der Waals surface area contributed by atoms with E-state index >= 15 is 0 Å². The Balaban J connectivity index is 1.35. The molecule has 2 aliphatic heterocycles. The molecule has 0 bridgehead atoms. The van der Waals surface area contributed by atoms with Crippen LogP contribution in [0.2, 0.25) is 0 Å². The fourth-order valence-corrected chi connectivity index (χ4v) is 5.95. The van der Waals surface area contributed by atoms with Gasteiger partial charge in [0.05, 0.1) is 18.6 Å². The third-order valence-corrected chi connectivity index (χ3v) is 8.08. The van der Waals surface area contributed by atoms with Gasteiger partial charge in [-0.05, 0) is 41.0 Å². The number of carbonyl (C=O) groups excluding carboxylic acids is 3. The van der Waals surface area contributed by atoms with Gasteiger partial charge in [0.1, 0.15) is 23.5 Å². The Bertz CT molecular complexity index is 1690. The third kappa shape index (κ3) is 5.71. The van der Waals surface area contributed by atoms with E-state index in [1.54, 1.807) is 54.8 Å². The smallest absolute Gasteiger partial charge is 0.334 e. The van der Waals surface area contributed by atoms with E-state index in [2.05, 4.69) is 22.2 Å². The normalized spacial score (nSPS) is 18.9. The zero-order chi connectivity index (χ0) is 30.8. The maximum absolute atomic E-state index is 14.2. The van der Waals surface area contributed by atoms with Gasteiger partial charge in [0.2, 0.25) is 11.8 Å². The van der Waals surface area contributed by atoms with Gasteiger partial charge in [-0.2, -0.15) is 0 Å². The van der Waals surface area contributed by atoms with Gasteiger partial charge in [0, 0.05) is 33.1 Å². The lowest BCUT2D eigenvalue weighted by Crippen LogP contribution is -2.76. The number of aryl methyl sites for hydroxylation is 1. The van der Waals surface area contributed by atoms with Crippen molar-refractivity contribution in [3.8, 4) is 5.75 Å². The molecule has 4 aromatic rings. The highest BCUT2D eigenvalue weighted by Gasteiger charge is 2.51. The van der Waals surface area contributed by atoms with Crippen molar-refractivity contribution in [1.82, 2.24) is 40.1 Å². The summed E-state index contributed by atoms with van der Waals surface area (Å²) in [4.78, 5) is 45.1. The highest BCUT2D eigenvalue weighted by Crippen LogP contribution is 2.30. The van der Waals surface area contributed by atoms with E-state index < -0.39 is 12.2 Å². The van der Waals surface area contributed by atoms with Crippen LogP contribution >= 0.6 is 0 Å². The highest BCUT2D eigenvalue weighted by atomic mass is 16.3. The maximum Gasteiger partial charge on any atom is 0.334 e. The number of phenolic OH excluding ortho intramolecular Hbond substituents is 1. The Morgan fingerprint density at radius 3 is 2.55 bits per heavy atom. The van der Waals surface area contributed by atoms with Gasteiger partial charge < -0.3 is 20.2 Å². The summed E-state index contributed by atoms with van der Waals surface area (Å²) in [7, 11) is 1.81. The van der Waals surface area contributed by atoms with Crippen LogP contribution in [-0.2, 0) is 36.1 Å². The molecule has 2 aliphatic rings. The zero-order valence-corrected chi connectivity index (χ0v) is 24.4. The van der Waals surface area contributed by atoms with Gasteiger partial charge in [-0.25, -0.2) is 19.5 Å². The number of aromatic hydroxyl groups is 1. The van der Waals surface area contributed by atoms with Gasteiger partial charge in [0.15, 0.2) is 0 Å². The molecular weight excluding hydrogens is 560 g/mol. The summed E-state index contributed by atoms with van der Waals surface area (Å²) in [6.07, 6.45) is 1.12. The standard InChI is InChI=1S/C32H34N8O4/c1-3-15-38-21-30(42)39-28(16-22-9-12-25(41)13-10-22)31(43)37(19-24-11-14-26-27(17-24)36(2)35-34-26)20-29(39)40(38)32(44)33-18-23-7-5-4-6-8-23/h3-14,17,28-29,41H,1,15-16,18-21H2,2H3,(H,33,44)/t28-,29-/m0/s1. The first kappa shape index (κ1) is 28.9. The molecule has 2 saturated heterocycles. The first-order valence-electron chi connectivity index (χ1n) is 14.5. The second-order valence-corrected chi connectivity index (χ2v) is 11.0. The number of nitrogens with one attached hydrogen (secondary N) is 1. The molecule has 12 nitrogen and oxygen atoms in total. The monoisotopic (exact) mass is 594 g/mol. The average Bonchev–Trinajstić information content (AvgIpc) is 3.39. The summed E-state index contributed by atoms with van der Waals surface area (Å²) in [5.41, 5.74) is 4.17. The third-order valence-electron chi connectivity index (χ3n) is 8.08. The molecule has 12 heteroatoms. The van der Waals surface area contributed by atoms with Crippen molar-refractivity contribution in [1.29, 1.82) is 0 Å². The summed E-state index contributed by atoms with van der Waals surface area (Å²) in [5, 5.41) is 24.3. The topological polar surface area (TPSA) is 127 Å². The molecule has 44 heavy (non-hydrogen) atoms. The number of nitrogens with zero attached hydrogens (tertiary/aromatic N) is 7. The van der Waals surface area contributed by atoms with E-state index in [9.17, 15) is 19.5 Å². The number of rotatable bonds is 8. The molecule has 6 rings (SSSR count). The predicted octanol–water partition coefficient (Wildman–Crippen LogP) is 2.41. The highest BCUT2D eigenvalue weighted by molar-refractivity contribution is 5.92. The SMILES string of the molecule is C=CCN1CC(=O)N2[C@@H](Cc3ccc(O)cc3)C(=O)N(Cc3ccc4nnn(C)c4c3)C[C@@H]2N1C(=O)NCc1ccccc1. The molecule has 2 fully saturated rings. The molecule has 0 radical (unpaired) electrons. The van der Waals surface area contributed by atoms with Crippen LogP contribution < -0.4 is 5.32 Å². The van der Waals surface area contributed by atoms with Crippen molar-refractivity contribution in [2.75, 3.05) is 19.6 Å². The van der Waals surface area contributed by atoms with Crippen LogP contribution in [0, 0.1) is 0 Å². The molecule has 226 valence electrons. The summed E-state index contributed by atoms with van der Waals surface area (Å²) >= 11 is 0. The second-order valence-electron chi connectivity index (χ2n) is 11.0. The fraction of sp³-hybridized carbons (Fsp3) is 0.281. The lowest BCUT2D eigenvalue weighted by atomic mass is 9.98. The Morgan fingerprint density at radius 2 is 1.80 bits per heavy atom. The van der Waals surface area contributed by atoms with E-state index in [1.807, 2.05) is 55.6 Å². The molecule has 0 saturated carbocycles. The Labute approximate surface area is 254 Å². The van der Waals surface area contributed by atoms with E-state index in [0.29, 0.717) is 6.54 Å². The van der Waals surface area contributed by atoms with Crippen LogP contribution in [-0.4, -0.2) is 89.6 Å². The number of hydrazine groups is 1. The number of phenols is 1. The Morgan fingerprint density at radius 1 is 1.05 bits per heavy atom. The van der Waals surface area contributed by atoms with Crippen LogP contribution in [0.15, 0.2) is 85.5 Å². The molecule has 3 aromatic carbocycles. The van der Waals surface area contributed by atoms with Crippen LogP contribution in [0.5, 0.6) is 5.75 Å². The number of amides is 4. The lowest BCUT2D eigenvalue weighted by molar-refractivity contribution is -0.189. The fourth-order valence-electron chi connectivity index (χ4n) is 5.95. The maximum atomic E-state index is 14.2. The summed E-state index contributed by atoms with van der Waals surface area (Å²) in [6.45, 7) is 4.72. The van der Waals surface area contributed by atoms with Gasteiger partial charge in [0.25, 0.3) is 0 Å². The number of urea groups is 1. The molecule has 0 unspecified atom stereocenters. The molecule has 4 amide bonds. The van der Waals surface area contributed by atoms with Gasteiger partial charge >= 0.3 is 6.03 Å². The molecule has 3 heterocycles. The van der Waals surface area contributed by atoms with Crippen molar-refractivity contribution in [3.63, 3.8) is 0 Å². The summed E-state index contributed by atoms with van der Waals surface area (Å²) in [6, 6.07) is 20.7. The van der Waals surface area contributed by atoms with E-state index in [1.165, 1.54) is 0 Å². The lowest BCUT2D eigenvalue weighted by Gasteiger charge is -2.55. The van der Waals surface area contributed by atoms with Crippen molar-refractivity contribution in [2.45, 2.75) is 31.7 Å². The Hall–Kier alpha value is -5.23. The van der Waals surface area contributed by atoms with Crippen molar-refractivity contribution < 1.29 is 19.5 Å². The van der Waals surface area contributed by atoms with Crippen molar-refractivity contribution in [3.05, 3.63) is 102 Å². The predicted molar refractivity (Wildman–Crippen MR) is 162 cm³/mol. The van der Waals surface area contributed by atoms with Crippen LogP contribution in [0.1, 0.15) is 16.7 Å². The summed E-state index contributed by atoms with van der Waals surface area (Å²) < 4.78 is 1.68.